The Morgan fingerprint density at radius 2 is 1.76 bits per heavy atom. The van der Waals surface area contributed by atoms with Gasteiger partial charge in [0.05, 0.1) is 38.1 Å². The molecule has 8 heteroatoms. The van der Waals surface area contributed by atoms with Gasteiger partial charge in [-0.05, 0) is 12.8 Å². The predicted octanol–water partition coefficient (Wildman–Crippen LogP) is 0.248. The molecule has 1 atom stereocenters. The van der Waals surface area contributed by atoms with E-state index in [4.69, 9.17) is 9.47 Å². The van der Waals surface area contributed by atoms with Crippen molar-refractivity contribution < 1.29 is 19.1 Å². The Morgan fingerprint density at radius 3 is 2.36 bits per heavy atom. The highest BCUT2D eigenvalue weighted by molar-refractivity contribution is 5.93. The molecule has 1 aromatic heterocycles. The van der Waals surface area contributed by atoms with Crippen LogP contribution in [-0.4, -0.2) is 76.6 Å². The third kappa shape index (κ3) is 3.04. The molecule has 3 aliphatic rings. The molecule has 0 radical (unpaired) electrons. The van der Waals surface area contributed by atoms with Gasteiger partial charge in [-0.25, -0.2) is 0 Å². The van der Waals surface area contributed by atoms with Crippen LogP contribution in [0.25, 0.3) is 0 Å². The molecule has 1 saturated carbocycles. The van der Waals surface area contributed by atoms with E-state index in [2.05, 4.69) is 5.10 Å². The van der Waals surface area contributed by atoms with Crippen molar-refractivity contribution in [1.82, 2.24) is 19.6 Å². The van der Waals surface area contributed by atoms with E-state index in [1.807, 2.05) is 11.8 Å². The zero-order valence-corrected chi connectivity index (χ0v) is 14.7. The molecule has 2 amide bonds. The van der Waals surface area contributed by atoms with E-state index >= 15 is 0 Å². The lowest BCUT2D eigenvalue weighted by molar-refractivity contribution is -0.285. The van der Waals surface area contributed by atoms with Crippen molar-refractivity contribution in [2.75, 3.05) is 39.4 Å². The summed E-state index contributed by atoms with van der Waals surface area (Å²) in [4.78, 5) is 28.9. The molecule has 1 unspecified atom stereocenters. The van der Waals surface area contributed by atoms with Gasteiger partial charge in [-0.2, -0.15) is 5.10 Å². The molecular weight excluding hydrogens is 324 g/mol. The molecule has 1 spiro atoms. The zero-order chi connectivity index (χ0) is 17.7. The number of hydrogen-bond donors (Lipinski definition) is 0. The highest BCUT2D eigenvalue weighted by atomic mass is 16.7. The zero-order valence-electron chi connectivity index (χ0n) is 14.7. The number of rotatable bonds is 2. The van der Waals surface area contributed by atoms with Crippen LogP contribution in [0.3, 0.4) is 0 Å². The fraction of sp³-hybridized carbons (Fsp3) is 0.706. The van der Waals surface area contributed by atoms with E-state index in [1.165, 1.54) is 0 Å². The molecule has 2 saturated heterocycles. The molecule has 4 rings (SSSR count). The Balaban J connectivity index is 1.47. The third-order valence-corrected chi connectivity index (χ3v) is 5.36. The maximum Gasteiger partial charge on any atom is 0.257 e. The first kappa shape index (κ1) is 16.5. The second-order valence-corrected chi connectivity index (χ2v) is 7.52. The Labute approximate surface area is 146 Å². The van der Waals surface area contributed by atoms with E-state index in [0.717, 1.165) is 12.8 Å². The first-order valence-electron chi connectivity index (χ1n) is 8.76. The van der Waals surface area contributed by atoms with Crippen LogP contribution in [0.1, 0.15) is 30.1 Å². The largest absolute Gasteiger partial charge is 0.345 e. The second kappa shape index (κ2) is 5.81. The van der Waals surface area contributed by atoms with E-state index in [0.29, 0.717) is 45.0 Å². The van der Waals surface area contributed by atoms with Gasteiger partial charge in [0.2, 0.25) is 11.7 Å². The molecular formula is C17H24N4O4. The smallest absolute Gasteiger partial charge is 0.257 e. The summed E-state index contributed by atoms with van der Waals surface area (Å²) in [7, 11) is 1.78. The lowest BCUT2D eigenvalue weighted by Crippen LogP contribution is -2.64. The van der Waals surface area contributed by atoms with Crippen LogP contribution in [0.15, 0.2) is 12.4 Å². The molecule has 136 valence electrons. The molecule has 25 heavy (non-hydrogen) atoms. The first-order chi connectivity index (χ1) is 11.9. The van der Waals surface area contributed by atoms with Crippen molar-refractivity contribution in [2.24, 2.45) is 12.5 Å². The van der Waals surface area contributed by atoms with E-state index in [-0.39, 0.29) is 17.2 Å². The van der Waals surface area contributed by atoms with E-state index in [1.54, 1.807) is 29.0 Å². The summed E-state index contributed by atoms with van der Waals surface area (Å²) >= 11 is 0. The Kier molecular flexibility index (Phi) is 3.84. The summed E-state index contributed by atoms with van der Waals surface area (Å²) in [5, 5.41) is 4.06. The predicted molar refractivity (Wildman–Crippen MR) is 87.7 cm³/mol. The molecule has 0 aromatic carbocycles. The van der Waals surface area contributed by atoms with Gasteiger partial charge >= 0.3 is 0 Å². The van der Waals surface area contributed by atoms with Crippen LogP contribution in [0.2, 0.25) is 0 Å². The molecule has 3 heterocycles. The number of carbonyl (C=O) groups excluding carboxylic acids is 2. The minimum Gasteiger partial charge on any atom is -0.345 e. The Hall–Kier alpha value is -1.93. The number of aryl methyl sites for hydroxylation is 1. The van der Waals surface area contributed by atoms with Crippen molar-refractivity contribution in [2.45, 2.75) is 25.6 Å². The standard InChI is InChI=1S/C17H24N4O4/c1-16(3-4-16)15(23)21-6-8-25-17(12-21)11-20(5-7-24-17)14(22)13-9-18-19(2)10-13/h9-10H,3-8,11-12H2,1-2H3. The maximum absolute atomic E-state index is 12.7. The summed E-state index contributed by atoms with van der Waals surface area (Å²) in [6, 6.07) is 0. The molecule has 0 bridgehead atoms. The van der Waals surface area contributed by atoms with Crippen molar-refractivity contribution in [3.8, 4) is 0 Å². The number of hydrogen-bond acceptors (Lipinski definition) is 5. The summed E-state index contributed by atoms with van der Waals surface area (Å²) in [6.45, 7) is 4.61. The van der Waals surface area contributed by atoms with Gasteiger partial charge in [-0.3, -0.25) is 14.3 Å². The van der Waals surface area contributed by atoms with Gasteiger partial charge in [0.15, 0.2) is 0 Å². The van der Waals surface area contributed by atoms with E-state index < -0.39 is 5.79 Å². The normalized spacial score (nSPS) is 28.2. The van der Waals surface area contributed by atoms with Crippen LogP contribution < -0.4 is 0 Å². The van der Waals surface area contributed by atoms with E-state index in [9.17, 15) is 9.59 Å². The van der Waals surface area contributed by atoms with Gasteiger partial charge in [-0.1, -0.05) is 6.92 Å². The summed E-state index contributed by atoms with van der Waals surface area (Å²) in [6.07, 6.45) is 5.16. The number of aromatic nitrogens is 2. The minimum absolute atomic E-state index is 0.0861. The molecule has 1 aliphatic carbocycles. The molecule has 2 aliphatic heterocycles. The van der Waals surface area contributed by atoms with Gasteiger partial charge in [0, 0.05) is 31.7 Å². The molecule has 1 aromatic rings. The van der Waals surface area contributed by atoms with Crippen LogP contribution in [0, 0.1) is 5.41 Å². The number of carbonyl (C=O) groups is 2. The van der Waals surface area contributed by atoms with Crippen molar-refractivity contribution >= 4 is 11.8 Å². The fourth-order valence-corrected chi connectivity index (χ4v) is 3.54. The fourth-order valence-electron chi connectivity index (χ4n) is 3.54. The average Bonchev–Trinajstić information content (AvgIpc) is 3.21. The number of morpholine rings is 2. The van der Waals surface area contributed by atoms with Crippen molar-refractivity contribution in [3.63, 3.8) is 0 Å². The van der Waals surface area contributed by atoms with Gasteiger partial charge in [0.1, 0.15) is 0 Å². The topological polar surface area (TPSA) is 76.9 Å². The number of ether oxygens (including phenoxy) is 2. The Morgan fingerprint density at radius 1 is 1.12 bits per heavy atom. The number of amides is 2. The van der Waals surface area contributed by atoms with Gasteiger partial charge < -0.3 is 19.3 Å². The van der Waals surface area contributed by atoms with Gasteiger partial charge in [0.25, 0.3) is 5.91 Å². The first-order valence-corrected chi connectivity index (χ1v) is 8.76. The summed E-state index contributed by atoms with van der Waals surface area (Å²) in [5.74, 6) is -0.832. The summed E-state index contributed by atoms with van der Waals surface area (Å²) in [5.41, 5.74) is 0.340. The second-order valence-electron chi connectivity index (χ2n) is 7.52. The van der Waals surface area contributed by atoms with Crippen LogP contribution in [0.5, 0.6) is 0 Å². The quantitative estimate of drug-likeness (QED) is 0.766. The van der Waals surface area contributed by atoms with Crippen LogP contribution >= 0.6 is 0 Å². The van der Waals surface area contributed by atoms with Crippen LogP contribution in [-0.2, 0) is 21.3 Å². The van der Waals surface area contributed by atoms with Crippen molar-refractivity contribution in [3.05, 3.63) is 18.0 Å². The lowest BCUT2D eigenvalue weighted by atomic mass is 10.1. The lowest BCUT2D eigenvalue weighted by Gasteiger charge is -2.47. The molecule has 0 N–H and O–H groups in total. The minimum atomic E-state index is -0.921. The molecule has 8 nitrogen and oxygen atoms in total. The monoisotopic (exact) mass is 348 g/mol. The Bertz CT molecular complexity index is 695. The average molecular weight is 348 g/mol. The number of nitrogens with zero attached hydrogens (tertiary/aromatic N) is 4. The third-order valence-electron chi connectivity index (χ3n) is 5.36. The SMILES string of the molecule is Cn1cc(C(=O)N2CCOC3(C2)CN(C(=O)C2(C)CC2)CCO3)cn1. The maximum atomic E-state index is 12.7. The van der Waals surface area contributed by atoms with Crippen molar-refractivity contribution in [1.29, 1.82) is 0 Å². The van der Waals surface area contributed by atoms with Gasteiger partial charge in [-0.15, -0.1) is 0 Å². The molecule has 3 fully saturated rings. The highest BCUT2D eigenvalue weighted by Crippen LogP contribution is 2.47. The summed E-state index contributed by atoms with van der Waals surface area (Å²) < 4.78 is 13.4. The highest BCUT2D eigenvalue weighted by Gasteiger charge is 2.51. The van der Waals surface area contributed by atoms with Crippen LogP contribution in [0.4, 0.5) is 0 Å².